The number of nitrogens with zero attached hydrogens (tertiary/aromatic N) is 2. The summed E-state index contributed by atoms with van der Waals surface area (Å²) in [6, 6.07) is 14.7. The Balaban J connectivity index is 0.00000312. The maximum Gasteiger partial charge on any atom is 0.191 e. The SMILES string of the molecule is CCNC(=NCc1cccc(C#N)c1)NCc1ccc(C)c(F)c1.I. The van der Waals surface area contributed by atoms with E-state index >= 15 is 0 Å². The highest BCUT2D eigenvalue weighted by Gasteiger charge is 2.02. The van der Waals surface area contributed by atoms with E-state index in [4.69, 9.17) is 5.26 Å². The molecule has 0 fully saturated rings. The second-order valence-corrected chi connectivity index (χ2v) is 5.44. The number of benzene rings is 2. The second-order valence-electron chi connectivity index (χ2n) is 5.44. The van der Waals surface area contributed by atoms with E-state index in [0.29, 0.717) is 30.2 Å². The van der Waals surface area contributed by atoms with Crippen molar-refractivity contribution < 1.29 is 4.39 Å². The molecule has 0 heterocycles. The van der Waals surface area contributed by atoms with Crippen LogP contribution in [0.1, 0.15) is 29.2 Å². The molecule has 25 heavy (non-hydrogen) atoms. The van der Waals surface area contributed by atoms with Gasteiger partial charge in [-0.2, -0.15) is 5.26 Å². The van der Waals surface area contributed by atoms with Crippen molar-refractivity contribution in [3.8, 4) is 6.07 Å². The summed E-state index contributed by atoms with van der Waals surface area (Å²) >= 11 is 0. The van der Waals surface area contributed by atoms with Crippen molar-refractivity contribution >= 4 is 29.9 Å². The van der Waals surface area contributed by atoms with Gasteiger partial charge in [0.2, 0.25) is 0 Å². The molecule has 0 atom stereocenters. The first-order chi connectivity index (χ1) is 11.6. The highest BCUT2D eigenvalue weighted by atomic mass is 127. The molecule has 0 radical (unpaired) electrons. The lowest BCUT2D eigenvalue weighted by molar-refractivity contribution is 0.615. The van der Waals surface area contributed by atoms with Crippen molar-refractivity contribution in [3.63, 3.8) is 0 Å². The fourth-order valence-electron chi connectivity index (χ4n) is 2.18. The van der Waals surface area contributed by atoms with Crippen LogP contribution in [0, 0.1) is 24.1 Å². The largest absolute Gasteiger partial charge is 0.357 e. The van der Waals surface area contributed by atoms with Crippen molar-refractivity contribution in [1.82, 2.24) is 10.6 Å². The van der Waals surface area contributed by atoms with Crippen molar-refractivity contribution in [2.75, 3.05) is 6.54 Å². The van der Waals surface area contributed by atoms with Gasteiger partial charge < -0.3 is 10.6 Å². The summed E-state index contributed by atoms with van der Waals surface area (Å²) in [6.07, 6.45) is 0. The third kappa shape index (κ3) is 6.70. The maximum atomic E-state index is 13.6. The third-order valence-corrected chi connectivity index (χ3v) is 3.52. The lowest BCUT2D eigenvalue weighted by Crippen LogP contribution is -2.36. The quantitative estimate of drug-likeness (QED) is 0.411. The fourth-order valence-corrected chi connectivity index (χ4v) is 2.18. The molecule has 2 aromatic rings. The molecule has 6 heteroatoms. The number of hydrogen-bond acceptors (Lipinski definition) is 2. The molecule has 2 aromatic carbocycles. The average molecular weight is 452 g/mol. The maximum absolute atomic E-state index is 13.6. The van der Waals surface area contributed by atoms with Crippen molar-refractivity contribution in [2.45, 2.75) is 26.9 Å². The van der Waals surface area contributed by atoms with Gasteiger partial charge in [0.1, 0.15) is 5.82 Å². The van der Waals surface area contributed by atoms with E-state index in [-0.39, 0.29) is 29.8 Å². The minimum absolute atomic E-state index is 0. The highest BCUT2D eigenvalue weighted by molar-refractivity contribution is 14.0. The van der Waals surface area contributed by atoms with E-state index in [1.807, 2.05) is 31.2 Å². The van der Waals surface area contributed by atoms with E-state index in [9.17, 15) is 4.39 Å². The minimum Gasteiger partial charge on any atom is -0.357 e. The molecule has 132 valence electrons. The van der Waals surface area contributed by atoms with Gasteiger partial charge in [0.15, 0.2) is 5.96 Å². The smallest absolute Gasteiger partial charge is 0.191 e. The zero-order chi connectivity index (χ0) is 17.4. The van der Waals surface area contributed by atoms with Gasteiger partial charge in [0.05, 0.1) is 18.2 Å². The third-order valence-electron chi connectivity index (χ3n) is 3.52. The van der Waals surface area contributed by atoms with Crippen LogP contribution in [0.15, 0.2) is 47.5 Å². The zero-order valence-corrected chi connectivity index (χ0v) is 16.7. The number of rotatable bonds is 5. The number of guanidine groups is 1. The topological polar surface area (TPSA) is 60.2 Å². The summed E-state index contributed by atoms with van der Waals surface area (Å²) < 4.78 is 13.6. The Morgan fingerprint density at radius 2 is 1.96 bits per heavy atom. The van der Waals surface area contributed by atoms with Gasteiger partial charge in [-0.25, -0.2) is 9.38 Å². The molecule has 0 unspecified atom stereocenters. The Morgan fingerprint density at radius 1 is 1.16 bits per heavy atom. The van der Waals surface area contributed by atoms with Crippen molar-refractivity contribution in [2.24, 2.45) is 4.99 Å². The molecular formula is C19H22FIN4. The number of aryl methyl sites for hydroxylation is 1. The standard InChI is InChI=1S/C19H21FN4.HI/c1-3-22-19(23-12-16-6-4-5-15(9-16)11-21)24-13-17-8-7-14(2)18(20)10-17;/h4-10H,3,12-13H2,1-2H3,(H2,22,23,24);1H. The van der Waals surface area contributed by atoms with E-state index in [1.54, 1.807) is 19.1 Å². The Kier molecular flexibility index (Phi) is 8.92. The first-order valence-electron chi connectivity index (χ1n) is 7.88. The summed E-state index contributed by atoms with van der Waals surface area (Å²) in [4.78, 5) is 4.51. The molecule has 2 N–H and O–H groups in total. The van der Waals surface area contributed by atoms with Gasteiger partial charge in [0.25, 0.3) is 0 Å². The number of nitrogens with one attached hydrogen (secondary N) is 2. The van der Waals surface area contributed by atoms with Crippen LogP contribution in [0.5, 0.6) is 0 Å². The summed E-state index contributed by atoms with van der Waals surface area (Å²) in [5.74, 6) is 0.449. The van der Waals surface area contributed by atoms with E-state index in [1.165, 1.54) is 6.07 Å². The van der Waals surface area contributed by atoms with Crippen LogP contribution in [0.25, 0.3) is 0 Å². The van der Waals surface area contributed by atoms with E-state index in [2.05, 4.69) is 21.7 Å². The van der Waals surface area contributed by atoms with E-state index < -0.39 is 0 Å². The second kappa shape index (κ2) is 10.7. The first kappa shape index (κ1) is 20.9. The van der Waals surface area contributed by atoms with Gasteiger partial charge in [-0.15, -0.1) is 24.0 Å². The van der Waals surface area contributed by atoms with Gasteiger partial charge in [-0.1, -0.05) is 24.3 Å². The zero-order valence-electron chi connectivity index (χ0n) is 14.3. The Labute approximate surface area is 165 Å². The van der Waals surface area contributed by atoms with Gasteiger partial charge in [-0.3, -0.25) is 0 Å². The van der Waals surface area contributed by atoms with Gasteiger partial charge in [0, 0.05) is 13.1 Å². The molecule has 0 aromatic heterocycles. The molecule has 4 nitrogen and oxygen atoms in total. The number of nitriles is 1. The molecular weight excluding hydrogens is 430 g/mol. The molecule has 0 bridgehead atoms. The minimum atomic E-state index is -0.204. The molecule has 2 rings (SSSR count). The number of aliphatic imine (C=N–C) groups is 1. The van der Waals surface area contributed by atoms with Gasteiger partial charge in [-0.05, 0) is 48.7 Å². The summed E-state index contributed by atoms with van der Waals surface area (Å²) in [5.41, 5.74) is 3.08. The fraction of sp³-hybridized carbons (Fsp3) is 0.263. The number of halogens is 2. The molecule has 0 aliphatic rings. The Morgan fingerprint density at radius 3 is 2.64 bits per heavy atom. The molecule has 0 aliphatic heterocycles. The number of hydrogen-bond donors (Lipinski definition) is 2. The Hall–Kier alpha value is -2.14. The molecule has 0 aliphatic carbocycles. The Bertz CT molecular complexity index is 768. The summed E-state index contributed by atoms with van der Waals surface area (Å²) in [7, 11) is 0. The highest BCUT2D eigenvalue weighted by Crippen LogP contribution is 2.09. The van der Waals surface area contributed by atoms with Crippen LogP contribution in [-0.4, -0.2) is 12.5 Å². The average Bonchev–Trinajstić information content (AvgIpc) is 2.60. The van der Waals surface area contributed by atoms with Gasteiger partial charge >= 0.3 is 0 Å². The monoisotopic (exact) mass is 452 g/mol. The summed E-state index contributed by atoms with van der Waals surface area (Å²) in [6.45, 7) is 5.41. The molecule has 0 saturated heterocycles. The van der Waals surface area contributed by atoms with Crippen molar-refractivity contribution in [3.05, 3.63) is 70.5 Å². The molecule has 0 amide bonds. The predicted molar refractivity (Wildman–Crippen MR) is 109 cm³/mol. The lowest BCUT2D eigenvalue weighted by Gasteiger charge is -2.12. The van der Waals surface area contributed by atoms with Crippen LogP contribution in [-0.2, 0) is 13.1 Å². The van der Waals surface area contributed by atoms with Crippen LogP contribution < -0.4 is 10.6 Å². The van der Waals surface area contributed by atoms with Crippen LogP contribution in [0.2, 0.25) is 0 Å². The van der Waals surface area contributed by atoms with Crippen molar-refractivity contribution in [1.29, 1.82) is 5.26 Å². The van der Waals surface area contributed by atoms with Crippen LogP contribution in [0.4, 0.5) is 4.39 Å². The lowest BCUT2D eigenvalue weighted by atomic mass is 10.1. The molecule has 0 saturated carbocycles. The first-order valence-corrected chi connectivity index (χ1v) is 7.88. The molecule has 0 spiro atoms. The van der Waals surface area contributed by atoms with Crippen LogP contribution >= 0.6 is 24.0 Å². The normalized spacial score (nSPS) is 10.6. The predicted octanol–water partition coefficient (Wildman–Crippen LogP) is 3.88. The summed E-state index contributed by atoms with van der Waals surface area (Å²) in [5, 5.41) is 15.3. The van der Waals surface area contributed by atoms with E-state index in [0.717, 1.165) is 17.7 Å². The van der Waals surface area contributed by atoms with Crippen LogP contribution in [0.3, 0.4) is 0 Å².